The first kappa shape index (κ1) is 7.28. The predicted octanol–water partition coefficient (Wildman–Crippen LogP) is 1.92. The van der Waals surface area contributed by atoms with E-state index in [0.717, 1.165) is 17.8 Å². The van der Waals surface area contributed by atoms with Crippen molar-refractivity contribution in [2.45, 2.75) is 20.3 Å². The number of aromatic nitrogens is 2. The maximum absolute atomic E-state index is 4.22. The average Bonchev–Trinajstić information content (AvgIpc) is 2.58. The van der Waals surface area contributed by atoms with Gasteiger partial charge < -0.3 is 0 Å². The van der Waals surface area contributed by atoms with Crippen molar-refractivity contribution in [3.8, 4) is 0 Å². The normalized spacial score (nSPS) is 16.2. The molecule has 0 saturated heterocycles. The molecule has 0 fully saturated rings. The number of nitrogens with one attached hydrogen (secondary N) is 1. The number of hydrogen-bond donors (Lipinski definition) is 1. The first-order valence-corrected chi connectivity index (χ1v) is 4.00. The van der Waals surface area contributed by atoms with Crippen molar-refractivity contribution in [2.24, 2.45) is 4.99 Å². The second kappa shape index (κ2) is 2.59. The minimum absolute atomic E-state index is 0.936. The highest BCUT2D eigenvalue weighted by atomic mass is 15.1. The van der Waals surface area contributed by atoms with Crippen LogP contribution in [-0.4, -0.2) is 15.9 Å². The van der Waals surface area contributed by atoms with Crippen LogP contribution in [0.3, 0.4) is 0 Å². The molecular formula is C9H11N3. The SMILES string of the molecule is CC1=NC=C(c2n[nH]cc2C)C1. The molecule has 1 aliphatic heterocycles. The van der Waals surface area contributed by atoms with E-state index in [9.17, 15) is 0 Å². The molecule has 2 heterocycles. The van der Waals surface area contributed by atoms with Crippen LogP contribution < -0.4 is 0 Å². The number of nitrogens with zero attached hydrogens (tertiary/aromatic N) is 2. The third kappa shape index (κ3) is 1.07. The number of aryl methyl sites for hydroxylation is 1. The van der Waals surface area contributed by atoms with Gasteiger partial charge in [-0.1, -0.05) is 0 Å². The third-order valence-electron chi connectivity index (χ3n) is 2.02. The summed E-state index contributed by atoms with van der Waals surface area (Å²) in [5.41, 5.74) is 4.61. The fraction of sp³-hybridized carbons (Fsp3) is 0.333. The van der Waals surface area contributed by atoms with E-state index < -0.39 is 0 Å². The average molecular weight is 161 g/mol. The van der Waals surface area contributed by atoms with E-state index in [2.05, 4.69) is 15.2 Å². The zero-order chi connectivity index (χ0) is 8.55. The Balaban J connectivity index is 2.30. The molecule has 1 aliphatic rings. The van der Waals surface area contributed by atoms with Gasteiger partial charge in [-0.3, -0.25) is 10.1 Å². The summed E-state index contributed by atoms with van der Waals surface area (Å²) in [5.74, 6) is 0. The maximum Gasteiger partial charge on any atom is 0.0928 e. The van der Waals surface area contributed by atoms with E-state index in [1.807, 2.05) is 26.2 Å². The Hall–Kier alpha value is -1.38. The van der Waals surface area contributed by atoms with Gasteiger partial charge in [0, 0.05) is 30.1 Å². The highest BCUT2D eigenvalue weighted by Crippen LogP contribution is 2.23. The smallest absolute Gasteiger partial charge is 0.0928 e. The van der Waals surface area contributed by atoms with Gasteiger partial charge in [0.05, 0.1) is 5.69 Å². The molecule has 12 heavy (non-hydrogen) atoms. The summed E-state index contributed by atoms with van der Waals surface area (Å²) < 4.78 is 0. The zero-order valence-electron chi connectivity index (χ0n) is 7.26. The van der Waals surface area contributed by atoms with Crippen LogP contribution in [0.25, 0.3) is 5.57 Å². The number of allylic oxidation sites excluding steroid dienone is 1. The molecule has 1 N–H and O–H groups in total. The molecule has 0 radical (unpaired) electrons. The first-order valence-electron chi connectivity index (χ1n) is 4.00. The zero-order valence-corrected chi connectivity index (χ0v) is 7.26. The third-order valence-corrected chi connectivity index (χ3v) is 2.02. The summed E-state index contributed by atoms with van der Waals surface area (Å²) >= 11 is 0. The Morgan fingerprint density at radius 1 is 1.42 bits per heavy atom. The van der Waals surface area contributed by atoms with Crippen molar-refractivity contribution in [2.75, 3.05) is 0 Å². The molecule has 0 aromatic carbocycles. The molecule has 1 aromatic rings. The fourth-order valence-corrected chi connectivity index (χ4v) is 1.38. The van der Waals surface area contributed by atoms with Crippen LogP contribution in [0.2, 0.25) is 0 Å². The Kier molecular flexibility index (Phi) is 1.57. The summed E-state index contributed by atoms with van der Waals surface area (Å²) in [6.07, 6.45) is 4.74. The van der Waals surface area contributed by atoms with E-state index in [1.54, 1.807) is 0 Å². The summed E-state index contributed by atoms with van der Waals surface area (Å²) in [6, 6.07) is 0. The lowest BCUT2D eigenvalue weighted by Crippen LogP contribution is -1.90. The largest absolute Gasteiger partial charge is 0.285 e. The number of rotatable bonds is 1. The molecule has 62 valence electrons. The van der Waals surface area contributed by atoms with Crippen molar-refractivity contribution >= 4 is 11.3 Å². The minimum Gasteiger partial charge on any atom is -0.285 e. The predicted molar refractivity (Wildman–Crippen MR) is 49.0 cm³/mol. The lowest BCUT2D eigenvalue weighted by atomic mass is 10.1. The second-order valence-electron chi connectivity index (χ2n) is 3.11. The molecule has 0 amide bonds. The number of aromatic amines is 1. The Labute approximate surface area is 71.2 Å². The minimum atomic E-state index is 0.936. The van der Waals surface area contributed by atoms with Crippen LogP contribution in [0.5, 0.6) is 0 Å². The molecule has 2 rings (SSSR count). The summed E-state index contributed by atoms with van der Waals surface area (Å²) in [7, 11) is 0. The highest BCUT2D eigenvalue weighted by molar-refractivity contribution is 5.96. The molecular weight excluding hydrogens is 150 g/mol. The fourth-order valence-electron chi connectivity index (χ4n) is 1.38. The first-order chi connectivity index (χ1) is 5.77. The number of H-pyrrole nitrogens is 1. The second-order valence-corrected chi connectivity index (χ2v) is 3.11. The lowest BCUT2D eigenvalue weighted by Gasteiger charge is -1.96. The van der Waals surface area contributed by atoms with E-state index in [4.69, 9.17) is 0 Å². The molecule has 1 aromatic heterocycles. The molecule has 0 aliphatic carbocycles. The van der Waals surface area contributed by atoms with Crippen molar-refractivity contribution in [1.29, 1.82) is 0 Å². The van der Waals surface area contributed by atoms with Crippen LogP contribution >= 0.6 is 0 Å². The van der Waals surface area contributed by atoms with Gasteiger partial charge in [-0.05, 0) is 19.4 Å². The van der Waals surface area contributed by atoms with Crippen LogP contribution in [0.4, 0.5) is 0 Å². The van der Waals surface area contributed by atoms with Gasteiger partial charge in [-0.15, -0.1) is 0 Å². The molecule has 0 spiro atoms. The van der Waals surface area contributed by atoms with Crippen LogP contribution in [0, 0.1) is 6.92 Å². The molecule has 0 atom stereocenters. The highest BCUT2D eigenvalue weighted by Gasteiger charge is 2.12. The number of hydrogen-bond acceptors (Lipinski definition) is 2. The van der Waals surface area contributed by atoms with Gasteiger partial charge in [0.2, 0.25) is 0 Å². The quantitative estimate of drug-likeness (QED) is 0.671. The topological polar surface area (TPSA) is 41.0 Å². The van der Waals surface area contributed by atoms with Crippen molar-refractivity contribution in [3.63, 3.8) is 0 Å². The van der Waals surface area contributed by atoms with E-state index >= 15 is 0 Å². The van der Waals surface area contributed by atoms with Crippen molar-refractivity contribution < 1.29 is 0 Å². The Morgan fingerprint density at radius 3 is 2.75 bits per heavy atom. The molecule has 3 heteroatoms. The van der Waals surface area contributed by atoms with E-state index in [0.29, 0.717) is 0 Å². The van der Waals surface area contributed by atoms with E-state index in [1.165, 1.54) is 11.1 Å². The van der Waals surface area contributed by atoms with Gasteiger partial charge >= 0.3 is 0 Å². The van der Waals surface area contributed by atoms with Crippen LogP contribution in [0.1, 0.15) is 24.6 Å². The lowest BCUT2D eigenvalue weighted by molar-refractivity contribution is 1.07. The summed E-state index contributed by atoms with van der Waals surface area (Å²) in [6.45, 7) is 4.08. The summed E-state index contributed by atoms with van der Waals surface area (Å²) in [5, 5.41) is 7.01. The van der Waals surface area contributed by atoms with E-state index in [-0.39, 0.29) is 0 Å². The van der Waals surface area contributed by atoms with Gasteiger partial charge in [-0.25, -0.2) is 0 Å². The molecule has 0 bridgehead atoms. The van der Waals surface area contributed by atoms with Gasteiger partial charge in [0.15, 0.2) is 0 Å². The monoisotopic (exact) mass is 161 g/mol. The van der Waals surface area contributed by atoms with Crippen LogP contribution in [0.15, 0.2) is 17.4 Å². The standard InChI is InChI=1S/C9H11N3/c1-6-4-11-12-9(6)8-3-7(2)10-5-8/h4-5H,3H2,1-2H3,(H,11,12). The maximum atomic E-state index is 4.22. The van der Waals surface area contributed by atoms with Crippen molar-refractivity contribution in [3.05, 3.63) is 23.7 Å². The van der Waals surface area contributed by atoms with Gasteiger partial charge in [0.1, 0.15) is 0 Å². The molecule has 0 unspecified atom stereocenters. The van der Waals surface area contributed by atoms with Gasteiger partial charge in [-0.2, -0.15) is 5.10 Å². The van der Waals surface area contributed by atoms with Crippen LogP contribution in [-0.2, 0) is 0 Å². The van der Waals surface area contributed by atoms with Crippen molar-refractivity contribution in [1.82, 2.24) is 10.2 Å². The molecule has 0 saturated carbocycles. The van der Waals surface area contributed by atoms with Gasteiger partial charge in [0.25, 0.3) is 0 Å². The summed E-state index contributed by atoms with van der Waals surface area (Å²) in [4.78, 5) is 4.22. The number of aliphatic imine (C=N–C) groups is 1. The Morgan fingerprint density at radius 2 is 2.25 bits per heavy atom. The Bertz CT molecular complexity index is 358. The molecule has 3 nitrogen and oxygen atoms in total.